The highest BCUT2D eigenvalue weighted by molar-refractivity contribution is 5.94. The molecule has 1 aromatic carbocycles. The Morgan fingerprint density at radius 1 is 1.24 bits per heavy atom. The van der Waals surface area contributed by atoms with Crippen molar-refractivity contribution in [1.29, 1.82) is 0 Å². The first kappa shape index (κ1) is 15.0. The van der Waals surface area contributed by atoms with Gasteiger partial charge >= 0.3 is 0 Å². The molecule has 2 rings (SSSR count). The van der Waals surface area contributed by atoms with Crippen molar-refractivity contribution in [2.75, 3.05) is 13.2 Å². The van der Waals surface area contributed by atoms with Gasteiger partial charge < -0.3 is 15.0 Å². The number of hydrogen-bond donors (Lipinski definition) is 2. The molecule has 0 saturated heterocycles. The molecule has 0 aliphatic carbocycles. The van der Waals surface area contributed by atoms with Crippen molar-refractivity contribution in [3.05, 3.63) is 69.6 Å². The molecular formula is C16H18N2O3. The number of amides is 1. The molecule has 2 aromatic rings. The lowest BCUT2D eigenvalue weighted by atomic mass is 10.1. The highest BCUT2D eigenvalue weighted by atomic mass is 16.3. The molecule has 1 heterocycles. The maximum absolute atomic E-state index is 11.8. The van der Waals surface area contributed by atoms with E-state index >= 15 is 0 Å². The van der Waals surface area contributed by atoms with Crippen LogP contribution in [0.4, 0.5) is 0 Å². The number of aryl methyl sites for hydroxylation is 1. The lowest BCUT2D eigenvalue weighted by Crippen LogP contribution is -2.26. The quantitative estimate of drug-likeness (QED) is 0.859. The Balaban J connectivity index is 2.09. The molecule has 0 atom stereocenters. The summed E-state index contributed by atoms with van der Waals surface area (Å²) in [5.41, 5.74) is 2.37. The SMILES string of the molecule is Cc1ccn(Cc2ccc(C(=O)NCCO)cc2)c(=O)c1. The first-order valence-electron chi connectivity index (χ1n) is 6.75. The van der Waals surface area contributed by atoms with Gasteiger partial charge in [0.2, 0.25) is 0 Å². The number of aromatic nitrogens is 1. The summed E-state index contributed by atoms with van der Waals surface area (Å²) in [7, 11) is 0. The van der Waals surface area contributed by atoms with Crippen LogP contribution >= 0.6 is 0 Å². The van der Waals surface area contributed by atoms with Crippen molar-refractivity contribution >= 4 is 5.91 Å². The Morgan fingerprint density at radius 3 is 2.57 bits per heavy atom. The average molecular weight is 286 g/mol. The largest absolute Gasteiger partial charge is 0.395 e. The van der Waals surface area contributed by atoms with Gasteiger partial charge in [0.15, 0.2) is 0 Å². The summed E-state index contributed by atoms with van der Waals surface area (Å²) >= 11 is 0. The van der Waals surface area contributed by atoms with Crippen molar-refractivity contribution in [1.82, 2.24) is 9.88 Å². The van der Waals surface area contributed by atoms with Crippen LogP contribution in [0.3, 0.4) is 0 Å². The van der Waals surface area contributed by atoms with Crippen molar-refractivity contribution < 1.29 is 9.90 Å². The van der Waals surface area contributed by atoms with Gasteiger partial charge in [-0.25, -0.2) is 0 Å². The molecule has 2 N–H and O–H groups in total. The zero-order valence-electron chi connectivity index (χ0n) is 11.9. The van der Waals surface area contributed by atoms with E-state index in [9.17, 15) is 9.59 Å². The third-order valence-corrected chi connectivity index (χ3v) is 3.12. The minimum Gasteiger partial charge on any atom is -0.395 e. The van der Waals surface area contributed by atoms with Crippen LogP contribution < -0.4 is 10.9 Å². The fourth-order valence-electron chi connectivity index (χ4n) is 1.97. The molecule has 0 bridgehead atoms. The first-order chi connectivity index (χ1) is 10.1. The zero-order chi connectivity index (χ0) is 15.2. The molecule has 1 aromatic heterocycles. The molecule has 0 spiro atoms. The van der Waals surface area contributed by atoms with E-state index in [2.05, 4.69) is 5.32 Å². The van der Waals surface area contributed by atoms with Gasteiger partial charge in [0, 0.05) is 24.4 Å². The fraction of sp³-hybridized carbons (Fsp3) is 0.250. The molecule has 0 fully saturated rings. The summed E-state index contributed by atoms with van der Waals surface area (Å²) < 4.78 is 1.62. The number of aliphatic hydroxyl groups is 1. The maximum Gasteiger partial charge on any atom is 0.251 e. The summed E-state index contributed by atoms with van der Waals surface area (Å²) in [6, 6.07) is 10.5. The lowest BCUT2D eigenvalue weighted by molar-refractivity contribution is 0.0945. The number of benzene rings is 1. The van der Waals surface area contributed by atoms with Crippen LogP contribution in [0.15, 0.2) is 47.4 Å². The van der Waals surface area contributed by atoms with Gasteiger partial charge in [-0.1, -0.05) is 12.1 Å². The fourth-order valence-corrected chi connectivity index (χ4v) is 1.97. The van der Waals surface area contributed by atoms with Gasteiger partial charge in [-0.3, -0.25) is 9.59 Å². The predicted octanol–water partition coefficient (Wildman–Crippen LogP) is 0.927. The summed E-state index contributed by atoms with van der Waals surface area (Å²) in [6.45, 7) is 2.50. The Bertz CT molecular complexity index is 675. The van der Waals surface area contributed by atoms with Gasteiger partial charge in [0.1, 0.15) is 0 Å². The van der Waals surface area contributed by atoms with Crippen molar-refractivity contribution in [3.8, 4) is 0 Å². The number of carbonyl (C=O) groups excluding carboxylic acids is 1. The molecule has 1 amide bonds. The van der Waals surface area contributed by atoms with E-state index in [4.69, 9.17) is 5.11 Å². The minimum absolute atomic E-state index is 0.0419. The van der Waals surface area contributed by atoms with Crippen LogP contribution in [0.25, 0.3) is 0 Å². The molecule has 110 valence electrons. The topological polar surface area (TPSA) is 71.3 Å². The van der Waals surface area contributed by atoms with E-state index in [1.54, 1.807) is 29.0 Å². The third-order valence-electron chi connectivity index (χ3n) is 3.12. The number of aliphatic hydroxyl groups excluding tert-OH is 1. The molecule has 0 radical (unpaired) electrons. The molecule has 0 unspecified atom stereocenters. The van der Waals surface area contributed by atoms with Crippen molar-refractivity contribution in [2.24, 2.45) is 0 Å². The van der Waals surface area contributed by atoms with Crippen molar-refractivity contribution in [3.63, 3.8) is 0 Å². The molecular weight excluding hydrogens is 268 g/mol. The van der Waals surface area contributed by atoms with Crippen LogP contribution in [0.1, 0.15) is 21.5 Å². The highest BCUT2D eigenvalue weighted by Gasteiger charge is 2.05. The number of carbonyl (C=O) groups is 1. The highest BCUT2D eigenvalue weighted by Crippen LogP contribution is 2.06. The molecule has 0 aliphatic heterocycles. The molecule has 21 heavy (non-hydrogen) atoms. The Hall–Kier alpha value is -2.40. The van der Waals surface area contributed by atoms with Crippen LogP contribution in [-0.4, -0.2) is 28.7 Å². The van der Waals surface area contributed by atoms with Crippen LogP contribution in [0.5, 0.6) is 0 Å². The Morgan fingerprint density at radius 2 is 1.95 bits per heavy atom. The number of rotatable bonds is 5. The summed E-state index contributed by atoms with van der Waals surface area (Å²) in [6.07, 6.45) is 1.76. The maximum atomic E-state index is 11.8. The average Bonchev–Trinajstić information content (AvgIpc) is 2.48. The molecule has 5 heteroatoms. The normalized spacial score (nSPS) is 10.4. The summed E-state index contributed by atoms with van der Waals surface area (Å²) in [4.78, 5) is 23.5. The van der Waals surface area contributed by atoms with Gasteiger partial charge in [0.25, 0.3) is 11.5 Å². The van der Waals surface area contributed by atoms with E-state index in [-0.39, 0.29) is 24.6 Å². The van der Waals surface area contributed by atoms with E-state index < -0.39 is 0 Å². The van der Waals surface area contributed by atoms with Gasteiger partial charge in [0.05, 0.1) is 13.2 Å². The number of nitrogens with one attached hydrogen (secondary N) is 1. The van der Waals surface area contributed by atoms with Gasteiger partial charge in [-0.05, 0) is 36.2 Å². The zero-order valence-corrected chi connectivity index (χ0v) is 11.9. The van der Waals surface area contributed by atoms with E-state index in [1.807, 2.05) is 25.1 Å². The van der Waals surface area contributed by atoms with E-state index in [0.29, 0.717) is 12.1 Å². The van der Waals surface area contributed by atoms with E-state index in [0.717, 1.165) is 11.1 Å². The Labute approximate surface area is 122 Å². The van der Waals surface area contributed by atoms with Gasteiger partial charge in [-0.2, -0.15) is 0 Å². The lowest BCUT2D eigenvalue weighted by Gasteiger charge is -2.07. The summed E-state index contributed by atoms with van der Waals surface area (Å²) in [5, 5.41) is 11.3. The minimum atomic E-state index is -0.219. The van der Waals surface area contributed by atoms with Crippen LogP contribution in [-0.2, 0) is 6.54 Å². The number of pyridine rings is 1. The van der Waals surface area contributed by atoms with Crippen molar-refractivity contribution in [2.45, 2.75) is 13.5 Å². The monoisotopic (exact) mass is 286 g/mol. The second-order valence-electron chi connectivity index (χ2n) is 4.85. The molecule has 0 aliphatic rings. The standard InChI is InChI=1S/C16H18N2O3/c1-12-6-8-18(15(20)10-12)11-13-2-4-14(5-3-13)16(21)17-7-9-19/h2-6,8,10,19H,7,9,11H2,1H3,(H,17,21). The first-order valence-corrected chi connectivity index (χ1v) is 6.75. The third kappa shape index (κ3) is 4.03. The van der Waals surface area contributed by atoms with Crippen LogP contribution in [0, 0.1) is 6.92 Å². The second-order valence-corrected chi connectivity index (χ2v) is 4.85. The molecule has 5 nitrogen and oxygen atoms in total. The summed E-state index contributed by atoms with van der Waals surface area (Å²) in [5.74, 6) is -0.219. The second kappa shape index (κ2) is 6.85. The number of nitrogens with zero attached hydrogens (tertiary/aromatic N) is 1. The van der Waals surface area contributed by atoms with Crippen LogP contribution in [0.2, 0.25) is 0 Å². The molecule has 0 saturated carbocycles. The Kier molecular flexibility index (Phi) is 4.90. The smallest absolute Gasteiger partial charge is 0.251 e. The number of hydrogen-bond acceptors (Lipinski definition) is 3. The predicted molar refractivity (Wildman–Crippen MR) is 80.4 cm³/mol. The van der Waals surface area contributed by atoms with E-state index in [1.165, 1.54) is 0 Å². The van der Waals surface area contributed by atoms with Gasteiger partial charge in [-0.15, -0.1) is 0 Å².